The Bertz CT molecular complexity index is 1180. The lowest BCUT2D eigenvalue weighted by Gasteiger charge is -2.23. The summed E-state index contributed by atoms with van der Waals surface area (Å²) in [7, 11) is 1.60. The maximum absolute atomic E-state index is 13.1. The van der Waals surface area contributed by atoms with E-state index in [0.717, 1.165) is 22.8 Å². The molecule has 196 valence electrons. The number of fused-ring (bicyclic) bond motifs is 5. The van der Waals surface area contributed by atoms with E-state index in [2.05, 4.69) is 5.32 Å². The number of aryl methyl sites for hydroxylation is 1. The highest BCUT2D eigenvalue weighted by Crippen LogP contribution is 2.32. The van der Waals surface area contributed by atoms with Crippen LogP contribution >= 0.6 is 11.8 Å². The van der Waals surface area contributed by atoms with Crippen LogP contribution in [0.4, 0.5) is 0 Å². The molecule has 2 aromatic rings. The number of nitrogens with one attached hydrogen (secondary N) is 1. The second-order valence-corrected chi connectivity index (χ2v) is 11.2. The molecule has 3 aliphatic rings. The van der Waals surface area contributed by atoms with Gasteiger partial charge in [0.05, 0.1) is 31.1 Å². The van der Waals surface area contributed by atoms with Crippen molar-refractivity contribution in [3.63, 3.8) is 0 Å². The minimum Gasteiger partial charge on any atom is -0.457 e. The van der Waals surface area contributed by atoms with Crippen LogP contribution in [0.2, 0.25) is 0 Å². The molecule has 0 spiro atoms. The third-order valence-corrected chi connectivity index (χ3v) is 8.15. The van der Waals surface area contributed by atoms with Gasteiger partial charge in [-0.3, -0.25) is 14.4 Å². The van der Waals surface area contributed by atoms with Crippen molar-refractivity contribution < 1.29 is 23.9 Å². The van der Waals surface area contributed by atoms with Gasteiger partial charge in [-0.05, 0) is 66.8 Å². The van der Waals surface area contributed by atoms with Crippen LogP contribution in [0.25, 0.3) is 0 Å². The summed E-state index contributed by atoms with van der Waals surface area (Å²) < 4.78 is 12.4. The zero-order valence-corrected chi connectivity index (χ0v) is 22.1. The molecule has 2 aromatic carbocycles. The summed E-state index contributed by atoms with van der Waals surface area (Å²) in [5.41, 5.74) is 2.26. The van der Waals surface area contributed by atoms with Gasteiger partial charge in [0.15, 0.2) is 0 Å². The van der Waals surface area contributed by atoms with E-state index in [9.17, 15) is 14.4 Å². The van der Waals surface area contributed by atoms with Crippen molar-refractivity contribution in [3.05, 3.63) is 59.2 Å². The van der Waals surface area contributed by atoms with E-state index in [4.69, 9.17) is 9.47 Å². The zero-order chi connectivity index (χ0) is 25.9. The molecule has 1 saturated carbocycles. The fourth-order valence-corrected chi connectivity index (χ4v) is 5.75. The van der Waals surface area contributed by atoms with Gasteiger partial charge in [-0.2, -0.15) is 11.8 Å². The normalized spacial score (nSPS) is 22.3. The molecule has 0 radical (unpaired) electrons. The first-order valence-electron chi connectivity index (χ1n) is 12.7. The van der Waals surface area contributed by atoms with Gasteiger partial charge in [0.25, 0.3) is 5.91 Å². The fraction of sp³-hybridized carbons (Fsp3) is 0.464. The number of carbonyl (C=O) groups excluding carboxylic acids is 3. The number of ether oxygens (including phenoxy) is 2. The van der Waals surface area contributed by atoms with Crippen LogP contribution in [-0.2, 0) is 20.9 Å². The number of rotatable bonds is 4. The van der Waals surface area contributed by atoms with Crippen molar-refractivity contribution in [1.82, 2.24) is 15.1 Å². The van der Waals surface area contributed by atoms with E-state index in [1.807, 2.05) is 37.3 Å². The van der Waals surface area contributed by atoms with E-state index in [0.29, 0.717) is 42.5 Å². The van der Waals surface area contributed by atoms with Gasteiger partial charge in [0.2, 0.25) is 11.8 Å². The molecule has 1 aliphatic carbocycles. The molecule has 9 heteroatoms. The van der Waals surface area contributed by atoms with Gasteiger partial charge in [0, 0.05) is 25.7 Å². The summed E-state index contributed by atoms with van der Waals surface area (Å²) in [4.78, 5) is 42.0. The average Bonchev–Trinajstić information content (AvgIpc) is 3.62. The number of carbonyl (C=O) groups is 3. The summed E-state index contributed by atoms with van der Waals surface area (Å²) in [5, 5.41) is 3.02. The van der Waals surface area contributed by atoms with Crippen LogP contribution in [0.15, 0.2) is 42.5 Å². The number of hydrogen-bond donors (Lipinski definition) is 1. The number of benzene rings is 2. The predicted octanol–water partition coefficient (Wildman–Crippen LogP) is 3.23. The van der Waals surface area contributed by atoms with Crippen molar-refractivity contribution in [3.8, 4) is 11.5 Å². The summed E-state index contributed by atoms with van der Waals surface area (Å²) in [6.07, 6.45) is 2.18. The van der Waals surface area contributed by atoms with Crippen molar-refractivity contribution in [2.24, 2.45) is 5.92 Å². The molecule has 37 heavy (non-hydrogen) atoms. The maximum Gasteiger partial charge on any atom is 0.254 e. The van der Waals surface area contributed by atoms with Crippen LogP contribution in [0, 0.1) is 12.8 Å². The molecule has 2 heterocycles. The molecule has 1 saturated heterocycles. The predicted molar refractivity (Wildman–Crippen MR) is 142 cm³/mol. The van der Waals surface area contributed by atoms with E-state index < -0.39 is 0 Å². The Balaban J connectivity index is 1.35. The van der Waals surface area contributed by atoms with E-state index in [1.54, 1.807) is 35.8 Å². The van der Waals surface area contributed by atoms with Crippen LogP contribution in [0.5, 0.6) is 11.5 Å². The van der Waals surface area contributed by atoms with Gasteiger partial charge >= 0.3 is 0 Å². The van der Waals surface area contributed by atoms with Crippen molar-refractivity contribution in [2.75, 3.05) is 38.2 Å². The van der Waals surface area contributed by atoms with Gasteiger partial charge in [0.1, 0.15) is 11.5 Å². The first kappa shape index (κ1) is 25.6. The number of nitrogens with zero attached hydrogens (tertiary/aromatic N) is 2. The molecule has 8 nitrogen and oxygen atoms in total. The van der Waals surface area contributed by atoms with Gasteiger partial charge in [-0.25, -0.2) is 0 Å². The SMILES string of the molecule is Cc1ccc2cc1Oc1cccc(c1)CO[C@H]1CN(C(=O)CSCC3CC3)C[C@@H]1NC(=O)CN(C)C2=O. The minimum absolute atomic E-state index is 0.0687. The molecule has 4 bridgehead atoms. The Morgan fingerprint density at radius 2 is 1.97 bits per heavy atom. The van der Waals surface area contributed by atoms with Crippen LogP contribution in [-0.4, -0.2) is 77.9 Å². The number of likely N-dealkylation sites (tertiary alicyclic amines) is 1. The first-order chi connectivity index (χ1) is 17.9. The largest absolute Gasteiger partial charge is 0.457 e. The molecule has 0 unspecified atom stereocenters. The van der Waals surface area contributed by atoms with Gasteiger partial charge < -0.3 is 24.6 Å². The Morgan fingerprint density at radius 1 is 1.14 bits per heavy atom. The lowest BCUT2D eigenvalue weighted by Crippen LogP contribution is -2.48. The fourth-order valence-electron chi connectivity index (χ4n) is 4.61. The number of amides is 3. The Hall–Kier alpha value is -3.04. The minimum atomic E-state index is -0.355. The van der Waals surface area contributed by atoms with E-state index in [1.165, 1.54) is 17.7 Å². The third kappa shape index (κ3) is 6.45. The molecular formula is C28H33N3O5S. The maximum atomic E-state index is 13.1. The average molecular weight is 524 g/mol. The standard InChI is InChI=1S/C28H33N3O5S/c1-18-6-9-21-11-24(18)36-22-5-3-4-20(10-22)15-35-25-13-31(27(33)17-37-16-19-7-8-19)12-23(25)29-26(32)14-30(2)28(21)34/h3-6,9-11,19,23,25H,7-8,12-17H2,1-2H3,(H,29,32)/t23-,25-/m0/s1. The zero-order valence-electron chi connectivity index (χ0n) is 21.3. The molecule has 5 rings (SSSR count). The second-order valence-electron chi connectivity index (χ2n) is 10.2. The molecule has 1 N–H and O–H groups in total. The molecule has 2 aliphatic heterocycles. The molecule has 0 aromatic heterocycles. The highest BCUT2D eigenvalue weighted by molar-refractivity contribution is 7.99. The van der Waals surface area contributed by atoms with Crippen LogP contribution < -0.4 is 10.1 Å². The second kappa shape index (κ2) is 11.1. The topological polar surface area (TPSA) is 88.2 Å². The quantitative estimate of drug-likeness (QED) is 0.662. The first-order valence-corrected chi connectivity index (χ1v) is 13.9. The van der Waals surface area contributed by atoms with Crippen LogP contribution in [0.3, 0.4) is 0 Å². The van der Waals surface area contributed by atoms with Crippen molar-refractivity contribution in [1.29, 1.82) is 0 Å². The van der Waals surface area contributed by atoms with E-state index in [-0.39, 0.29) is 36.4 Å². The van der Waals surface area contributed by atoms with Gasteiger partial charge in [-0.15, -0.1) is 0 Å². The highest BCUT2D eigenvalue weighted by Gasteiger charge is 2.37. The summed E-state index contributed by atoms with van der Waals surface area (Å²) in [6, 6.07) is 12.6. The third-order valence-electron chi connectivity index (χ3n) is 6.99. The summed E-state index contributed by atoms with van der Waals surface area (Å²) in [6.45, 7) is 2.95. The number of thioether (sulfide) groups is 1. The number of hydrogen-bond acceptors (Lipinski definition) is 6. The highest BCUT2D eigenvalue weighted by atomic mass is 32.2. The summed E-state index contributed by atoms with van der Waals surface area (Å²) >= 11 is 1.69. The smallest absolute Gasteiger partial charge is 0.254 e. The Labute approximate surface area is 221 Å². The summed E-state index contributed by atoms with van der Waals surface area (Å²) in [5.74, 6) is 2.97. The Morgan fingerprint density at radius 3 is 2.78 bits per heavy atom. The van der Waals surface area contributed by atoms with Crippen molar-refractivity contribution in [2.45, 2.75) is 38.5 Å². The van der Waals surface area contributed by atoms with E-state index >= 15 is 0 Å². The number of likely N-dealkylation sites (N-methyl/N-ethyl adjacent to an activating group) is 1. The Kier molecular flexibility index (Phi) is 7.71. The lowest BCUT2D eigenvalue weighted by molar-refractivity contribution is -0.128. The molecule has 2 atom stereocenters. The van der Waals surface area contributed by atoms with Gasteiger partial charge in [-0.1, -0.05) is 18.2 Å². The molecule has 3 amide bonds. The van der Waals surface area contributed by atoms with Crippen LogP contribution in [0.1, 0.15) is 34.3 Å². The van der Waals surface area contributed by atoms with Crippen molar-refractivity contribution >= 4 is 29.5 Å². The lowest BCUT2D eigenvalue weighted by atomic mass is 10.1. The molecule has 2 fully saturated rings. The monoisotopic (exact) mass is 523 g/mol. The molecular weight excluding hydrogens is 490 g/mol.